The molecule has 0 fully saturated rings. The molecular weight excluding hydrogens is 230 g/mol. The SMILES string of the molecule is COc1ccc2c(-c3cnnc(N)n3)c[nH]c2c1. The summed E-state index contributed by atoms with van der Waals surface area (Å²) < 4.78 is 5.18. The zero-order valence-corrected chi connectivity index (χ0v) is 9.71. The average Bonchev–Trinajstić information content (AvgIpc) is 2.81. The van der Waals surface area contributed by atoms with Gasteiger partial charge >= 0.3 is 0 Å². The van der Waals surface area contributed by atoms with E-state index in [-0.39, 0.29) is 5.95 Å². The molecule has 0 aliphatic heterocycles. The van der Waals surface area contributed by atoms with E-state index in [0.29, 0.717) is 5.69 Å². The Kier molecular flexibility index (Phi) is 2.33. The molecule has 2 aromatic heterocycles. The number of anilines is 1. The highest BCUT2D eigenvalue weighted by Gasteiger charge is 2.09. The van der Waals surface area contributed by atoms with Crippen molar-refractivity contribution in [2.45, 2.75) is 0 Å². The summed E-state index contributed by atoms with van der Waals surface area (Å²) in [6, 6.07) is 5.80. The number of benzene rings is 1. The number of rotatable bonds is 2. The van der Waals surface area contributed by atoms with E-state index in [1.165, 1.54) is 0 Å². The first-order chi connectivity index (χ1) is 8.78. The summed E-state index contributed by atoms with van der Waals surface area (Å²) in [6.45, 7) is 0. The number of hydrogen-bond donors (Lipinski definition) is 2. The molecule has 0 amide bonds. The smallest absolute Gasteiger partial charge is 0.240 e. The molecular formula is C12H11N5O. The lowest BCUT2D eigenvalue weighted by Crippen LogP contribution is -1.97. The molecule has 6 heteroatoms. The van der Waals surface area contributed by atoms with Gasteiger partial charge in [-0.3, -0.25) is 0 Å². The molecule has 0 unspecified atom stereocenters. The Bertz CT molecular complexity index is 707. The number of H-pyrrole nitrogens is 1. The zero-order chi connectivity index (χ0) is 12.5. The highest BCUT2D eigenvalue weighted by Crippen LogP contribution is 2.29. The summed E-state index contributed by atoms with van der Waals surface area (Å²) in [7, 11) is 1.64. The minimum absolute atomic E-state index is 0.162. The summed E-state index contributed by atoms with van der Waals surface area (Å²) in [4.78, 5) is 7.33. The third kappa shape index (κ3) is 1.64. The van der Waals surface area contributed by atoms with Crippen molar-refractivity contribution in [1.29, 1.82) is 0 Å². The lowest BCUT2D eigenvalue weighted by atomic mass is 10.1. The molecule has 18 heavy (non-hydrogen) atoms. The molecule has 3 aromatic rings. The topological polar surface area (TPSA) is 89.7 Å². The number of nitrogens with two attached hydrogens (primary N) is 1. The minimum Gasteiger partial charge on any atom is -0.497 e. The normalized spacial score (nSPS) is 10.7. The third-order valence-electron chi connectivity index (χ3n) is 2.74. The van der Waals surface area contributed by atoms with E-state index in [1.807, 2.05) is 24.4 Å². The van der Waals surface area contributed by atoms with Gasteiger partial charge < -0.3 is 15.5 Å². The first-order valence-corrected chi connectivity index (χ1v) is 5.38. The van der Waals surface area contributed by atoms with Crippen LogP contribution in [0, 0.1) is 0 Å². The zero-order valence-electron chi connectivity index (χ0n) is 9.71. The van der Waals surface area contributed by atoms with Crippen molar-refractivity contribution in [2.24, 2.45) is 0 Å². The maximum atomic E-state index is 5.54. The van der Waals surface area contributed by atoms with Crippen molar-refractivity contribution in [2.75, 3.05) is 12.8 Å². The van der Waals surface area contributed by atoms with Crippen LogP contribution in [0.1, 0.15) is 0 Å². The van der Waals surface area contributed by atoms with Gasteiger partial charge in [0.15, 0.2) is 0 Å². The molecule has 0 saturated heterocycles. The number of fused-ring (bicyclic) bond motifs is 1. The Labute approximate surface area is 103 Å². The van der Waals surface area contributed by atoms with Crippen LogP contribution < -0.4 is 10.5 Å². The minimum atomic E-state index is 0.162. The lowest BCUT2D eigenvalue weighted by Gasteiger charge is -2.01. The van der Waals surface area contributed by atoms with Crippen molar-refractivity contribution in [3.05, 3.63) is 30.6 Å². The molecule has 6 nitrogen and oxygen atoms in total. The molecule has 3 rings (SSSR count). The lowest BCUT2D eigenvalue weighted by molar-refractivity contribution is 0.415. The first-order valence-electron chi connectivity index (χ1n) is 5.38. The average molecular weight is 241 g/mol. The fourth-order valence-electron chi connectivity index (χ4n) is 1.89. The van der Waals surface area contributed by atoms with Crippen molar-refractivity contribution in [1.82, 2.24) is 20.2 Å². The quantitative estimate of drug-likeness (QED) is 0.711. The Morgan fingerprint density at radius 2 is 2.22 bits per heavy atom. The van der Waals surface area contributed by atoms with Crippen LogP contribution in [-0.4, -0.2) is 27.3 Å². The van der Waals surface area contributed by atoms with E-state index in [2.05, 4.69) is 20.2 Å². The van der Waals surface area contributed by atoms with E-state index in [1.54, 1.807) is 13.3 Å². The molecule has 0 spiro atoms. The second kappa shape index (κ2) is 3.99. The van der Waals surface area contributed by atoms with E-state index in [4.69, 9.17) is 10.5 Å². The fourth-order valence-corrected chi connectivity index (χ4v) is 1.89. The Morgan fingerprint density at radius 1 is 1.33 bits per heavy atom. The number of nitrogen functional groups attached to an aromatic ring is 1. The van der Waals surface area contributed by atoms with Gasteiger partial charge in [-0.15, -0.1) is 5.10 Å². The van der Waals surface area contributed by atoms with Gasteiger partial charge in [0.05, 0.1) is 19.0 Å². The van der Waals surface area contributed by atoms with Crippen LogP contribution >= 0.6 is 0 Å². The number of aromatic nitrogens is 4. The van der Waals surface area contributed by atoms with Gasteiger partial charge in [0, 0.05) is 28.7 Å². The van der Waals surface area contributed by atoms with Crippen molar-refractivity contribution >= 4 is 16.9 Å². The van der Waals surface area contributed by atoms with Gasteiger partial charge in [-0.2, -0.15) is 5.10 Å². The fraction of sp³-hybridized carbons (Fsp3) is 0.0833. The van der Waals surface area contributed by atoms with Crippen molar-refractivity contribution < 1.29 is 4.74 Å². The molecule has 0 atom stereocenters. The van der Waals surface area contributed by atoms with Crippen LogP contribution in [0.5, 0.6) is 5.75 Å². The summed E-state index contributed by atoms with van der Waals surface area (Å²) in [5.74, 6) is 0.964. The molecule has 0 bridgehead atoms. The van der Waals surface area contributed by atoms with Crippen LogP contribution in [0.25, 0.3) is 22.2 Å². The molecule has 0 saturated carbocycles. The van der Waals surface area contributed by atoms with E-state index >= 15 is 0 Å². The van der Waals surface area contributed by atoms with Crippen molar-refractivity contribution in [3.8, 4) is 17.0 Å². The maximum absolute atomic E-state index is 5.54. The number of ether oxygens (including phenoxy) is 1. The number of methoxy groups -OCH3 is 1. The van der Waals surface area contributed by atoms with E-state index < -0.39 is 0 Å². The van der Waals surface area contributed by atoms with Gasteiger partial charge in [-0.05, 0) is 12.1 Å². The number of nitrogens with zero attached hydrogens (tertiary/aromatic N) is 3. The predicted octanol–water partition coefficient (Wildman–Crippen LogP) is 1.61. The number of hydrogen-bond acceptors (Lipinski definition) is 5. The van der Waals surface area contributed by atoms with Gasteiger partial charge in [-0.25, -0.2) is 4.98 Å². The number of aromatic amines is 1. The predicted molar refractivity (Wildman–Crippen MR) is 68.1 cm³/mol. The van der Waals surface area contributed by atoms with Crippen LogP contribution in [0.3, 0.4) is 0 Å². The molecule has 2 heterocycles. The monoisotopic (exact) mass is 241 g/mol. The second-order valence-corrected chi connectivity index (χ2v) is 3.81. The number of nitrogens with one attached hydrogen (secondary N) is 1. The molecule has 0 aliphatic carbocycles. The van der Waals surface area contributed by atoms with Crippen LogP contribution in [0.2, 0.25) is 0 Å². The van der Waals surface area contributed by atoms with Crippen LogP contribution in [0.4, 0.5) is 5.95 Å². The van der Waals surface area contributed by atoms with Crippen LogP contribution in [-0.2, 0) is 0 Å². The van der Waals surface area contributed by atoms with Crippen LogP contribution in [0.15, 0.2) is 30.6 Å². The summed E-state index contributed by atoms with van der Waals surface area (Å²) >= 11 is 0. The highest BCUT2D eigenvalue weighted by molar-refractivity contribution is 5.95. The van der Waals surface area contributed by atoms with E-state index in [9.17, 15) is 0 Å². The standard InChI is InChI=1S/C12H11N5O/c1-18-7-2-3-8-9(5-14-10(8)4-7)11-6-15-17-12(13)16-11/h2-6,14H,1H3,(H2,13,16,17). The van der Waals surface area contributed by atoms with E-state index in [0.717, 1.165) is 22.2 Å². The first kappa shape index (κ1) is 10.5. The largest absolute Gasteiger partial charge is 0.497 e. The Hall–Kier alpha value is -2.63. The molecule has 3 N–H and O–H groups in total. The third-order valence-corrected chi connectivity index (χ3v) is 2.74. The van der Waals surface area contributed by atoms with Gasteiger partial charge in [0.1, 0.15) is 5.75 Å². The molecule has 0 aliphatic rings. The second-order valence-electron chi connectivity index (χ2n) is 3.81. The Balaban J connectivity index is 2.18. The Morgan fingerprint density at radius 3 is 3.00 bits per heavy atom. The molecule has 0 radical (unpaired) electrons. The van der Waals surface area contributed by atoms with Gasteiger partial charge in [0.25, 0.3) is 0 Å². The van der Waals surface area contributed by atoms with Crippen molar-refractivity contribution in [3.63, 3.8) is 0 Å². The summed E-state index contributed by atoms with van der Waals surface area (Å²) in [6.07, 6.45) is 3.46. The summed E-state index contributed by atoms with van der Waals surface area (Å²) in [5, 5.41) is 8.49. The molecule has 1 aromatic carbocycles. The highest BCUT2D eigenvalue weighted by atomic mass is 16.5. The molecule has 90 valence electrons. The summed E-state index contributed by atoms with van der Waals surface area (Å²) in [5.41, 5.74) is 8.15. The van der Waals surface area contributed by atoms with Gasteiger partial charge in [-0.1, -0.05) is 0 Å². The maximum Gasteiger partial charge on any atom is 0.240 e. The van der Waals surface area contributed by atoms with Gasteiger partial charge in [0.2, 0.25) is 5.95 Å².